The van der Waals surface area contributed by atoms with Gasteiger partial charge in [-0.05, 0) is 48.4 Å². The number of nitrogens with one attached hydrogen (secondary N) is 1. The van der Waals surface area contributed by atoms with E-state index in [0.717, 1.165) is 30.8 Å². The van der Waals surface area contributed by atoms with Crippen LogP contribution in [0.1, 0.15) is 24.9 Å². The Hall–Kier alpha value is -2.64. The Balaban J connectivity index is 1.51. The van der Waals surface area contributed by atoms with Crippen LogP contribution in [0.4, 0.5) is 4.39 Å². The third-order valence-electron chi connectivity index (χ3n) is 4.90. The Morgan fingerprint density at radius 2 is 1.70 bits per heavy atom. The molecule has 0 aromatic heterocycles. The third-order valence-corrected chi connectivity index (χ3v) is 4.90. The molecule has 1 unspecified atom stereocenters. The molecule has 1 aliphatic rings. The predicted molar refractivity (Wildman–Crippen MR) is 112 cm³/mol. The number of benzene rings is 2. The molecule has 0 bridgehead atoms. The van der Waals surface area contributed by atoms with Crippen LogP contribution in [0.15, 0.2) is 48.5 Å². The normalized spacial score (nSPS) is 15.4. The van der Waals surface area contributed by atoms with E-state index in [0.29, 0.717) is 32.1 Å². The number of carbonyl (C=O) groups is 1. The summed E-state index contributed by atoms with van der Waals surface area (Å²) in [7, 11) is 0. The summed E-state index contributed by atoms with van der Waals surface area (Å²) in [5, 5.41) is 2.94. The van der Waals surface area contributed by atoms with E-state index in [1.807, 2.05) is 12.1 Å². The molecule has 1 atom stereocenters. The Labute approximate surface area is 176 Å². The van der Waals surface area contributed by atoms with Gasteiger partial charge in [0.1, 0.15) is 17.3 Å². The highest BCUT2D eigenvalue weighted by atomic mass is 19.1. The second kappa shape index (κ2) is 11.5. The number of halogens is 1. The summed E-state index contributed by atoms with van der Waals surface area (Å²) < 4.78 is 29.9. The molecule has 0 aliphatic carbocycles. The maximum Gasteiger partial charge on any atom is 0.258 e. The Kier molecular flexibility index (Phi) is 8.47. The number of rotatable bonds is 10. The number of hydrogen-bond donors (Lipinski definition) is 1. The summed E-state index contributed by atoms with van der Waals surface area (Å²) in [6.45, 7) is 5.88. The molecule has 1 saturated heterocycles. The summed E-state index contributed by atoms with van der Waals surface area (Å²) in [4.78, 5) is 14.6. The first-order valence-electron chi connectivity index (χ1n) is 10.4. The average Bonchev–Trinajstić information content (AvgIpc) is 2.79. The number of morpholine rings is 1. The SMILES string of the molecule is CCCOc1ccc(OCC(=O)NCC(c2ccc(F)cc2)N2CCOCC2)cc1. The Morgan fingerprint density at radius 1 is 1.07 bits per heavy atom. The highest BCUT2D eigenvalue weighted by Crippen LogP contribution is 2.22. The summed E-state index contributed by atoms with van der Waals surface area (Å²) in [5.41, 5.74) is 0.960. The lowest BCUT2D eigenvalue weighted by molar-refractivity contribution is -0.123. The minimum absolute atomic E-state index is 0.0477. The highest BCUT2D eigenvalue weighted by molar-refractivity contribution is 5.77. The number of ether oxygens (including phenoxy) is 3. The minimum atomic E-state index is -0.275. The first kappa shape index (κ1) is 22.1. The largest absolute Gasteiger partial charge is 0.494 e. The molecule has 0 saturated carbocycles. The third kappa shape index (κ3) is 6.71. The van der Waals surface area contributed by atoms with Crippen molar-refractivity contribution >= 4 is 5.91 Å². The molecule has 1 fully saturated rings. The van der Waals surface area contributed by atoms with Crippen LogP contribution in [-0.2, 0) is 9.53 Å². The van der Waals surface area contributed by atoms with Crippen LogP contribution in [0.5, 0.6) is 11.5 Å². The molecule has 0 radical (unpaired) electrons. The van der Waals surface area contributed by atoms with Gasteiger partial charge in [-0.2, -0.15) is 0 Å². The van der Waals surface area contributed by atoms with Gasteiger partial charge in [0, 0.05) is 19.6 Å². The van der Waals surface area contributed by atoms with Crippen molar-refractivity contribution in [2.75, 3.05) is 46.1 Å². The fourth-order valence-electron chi connectivity index (χ4n) is 3.29. The van der Waals surface area contributed by atoms with Crippen molar-refractivity contribution in [1.29, 1.82) is 0 Å². The molecule has 1 aliphatic heterocycles. The predicted octanol–water partition coefficient (Wildman–Crippen LogP) is 3.18. The first-order chi connectivity index (χ1) is 14.7. The van der Waals surface area contributed by atoms with Crippen LogP contribution < -0.4 is 14.8 Å². The van der Waals surface area contributed by atoms with Crippen LogP contribution in [0, 0.1) is 5.82 Å². The monoisotopic (exact) mass is 416 g/mol. The van der Waals surface area contributed by atoms with Crippen LogP contribution in [0.3, 0.4) is 0 Å². The zero-order valence-electron chi connectivity index (χ0n) is 17.3. The zero-order chi connectivity index (χ0) is 21.2. The van der Waals surface area contributed by atoms with Crippen LogP contribution >= 0.6 is 0 Å². The van der Waals surface area contributed by atoms with E-state index in [4.69, 9.17) is 14.2 Å². The van der Waals surface area contributed by atoms with E-state index < -0.39 is 0 Å². The molecule has 2 aromatic rings. The smallest absolute Gasteiger partial charge is 0.258 e. The van der Waals surface area contributed by atoms with Gasteiger partial charge in [-0.3, -0.25) is 9.69 Å². The van der Waals surface area contributed by atoms with Crippen molar-refractivity contribution in [3.8, 4) is 11.5 Å². The molecular weight excluding hydrogens is 387 g/mol. The van der Waals surface area contributed by atoms with E-state index in [9.17, 15) is 9.18 Å². The van der Waals surface area contributed by atoms with E-state index in [1.54, 1.807) is 24.3 Å². The summed E-state index contributed by atoms with van der Waals surface area (Å²) >= 11 is 0. The van der Waals surface area contributed by atoms with Crippen molar-refractivity contribution in [3.63, 3.8) is 0 Å². The molecule has 30 heavy (non-hydrogen) atoms. The lowest BCUT2D eigenvalue weighted by Gasteiger charge is -2.35. The first-order valence-corrected chi connectivity index (χ1v) is 10.4. The van der Waals surface area contributed by atoms with Crippen molar-refractivity contribution in [1.82, 2.24) is 10.2 Å². The molecule has 1 N–H and O–H groups in total. The lowest BCUT2D eigenvalue weighted by atomic mass is 10.0. The van der Waals surface area contributed by atoms with Gasteiger partial charge in [-0.1, -0.05) is 19.1 Å². The van der Waals surface area contributed by atoms with Gasteiger partial charge in [0.2, 0.25) is 0 Å². The van der Waals surface area contributed by atoms with Gasteiger partial charge in [-0.15, -0.1) is 0 Å². The Bertz CT molecular complexity index is 777. The standard InChI is InChI=1S/C23H29FN2O4/c1-2-13-29-20-7-9-21(10-8-20)30-17-23(27)25-16-22(26-11-14-28-15-12-26)18-3-5-19(24)6-4-18/h3-10,22H,2,11-17H2,1H3,(H,25,27). The van der Waals surface area contributed by atoms with Gasteiger partial charge < -0.3 is 19.5 Å². The molecule has 6 nitrogen and oxygen atoms in total. The van der Waals surface area contributed by atoms with E-state index in [1.165, 1.54) is 12.1 Å². The summed E-state index contributed by atoms with van der Waals surface area (Å²) in [5.74, 6) is 0.906. The molecule has 2 aromatic carbocycles. The van der Waals surface area contributed by atoms with Crippen molar-refractivity contribution < 1.29 is 23.4 Å². The molecule has 3 rings (SSSR count). The molecule has 1 heterocycles. The fourth-order valence-corrected chi connectivity index (χ4v) is 3.29. The van der Waals surface area contributed by atoms with E-state index in [2.05, 4.69) is 17.1 Å². The summed E-state index contributed by atoms with van der Waals surface area (Å²) in [6.07, 6.45) is 0.946. The lowest BCUT2D eigenvalue weighted by Crippen LogP contribution is -2.44. The van der Waals surface area contributed by atoms with Gasteiger partial charge in [0.25, 0.3) is 5.91 Å². The topological polar surface area (TPSA) is 60.0 Å². The van der Waals surface area contributed by atoms with Crippen molar-refractivity contribution in [2.45, 2.75) is 19.4 Å². The van der Waals surface area contributed by atoms with Gasteiger partial charge in [-0.25, -0.2) is 4.39 Å². The number of hydrogen-bond acceptors (Lipinski definition) is 5. The molecular formula is C23H29FN2O4. The number of amides is 1. The van der Waals surface area contributed by atoms with E-state index >= 15 is 0 Å². The molecule has 7 heteroatoms. The van der Waals surface area contributed by atoms with Gasteiger partial charge >= 0.3 is 0 Å². The minimum Gasteiger partial charge on any atom is -0.494 e. The second-order valence-electron chi connectivity index (χ2n) is 7.13. The van der Waals surface area contributed by atoms with E-state index in [-0.39, 0.29) is 24.4 Å². The van der Waals surface area contributed by atoms with Crippen LogP contribution in [-0.4, -0.2) is 56.9 Å². The molecule has 162 valence electrons. The van der Waals surface area contributed by atoms with Crippen molar-refractivity contribution in [2.24, 2.45) is 0 Å². The molecule has 1 amide bonds. The molecule has 0 spiro atoms. The maximum atomic E-state index is 13.3. The second-order valence-corrected chi connectivity index (χ2v) is 7.13. The van der Waals surface area contributed by atoms with Gasteiger partial charge in [0.05, 0.1) is 25.9 Å². The summed E-state index contributed by atoms with van der Waals surface area (Å²) in [6, 6.07) is 13.6. The number of carbonyl (C=O) groups excluding carboxylic acids is 1. The van der Waals surface area contributed by atoms with Crippen LogP contribution in [0.2, 0.25) is 0 Å². The highest BCUT2D eigenvalue weighted by Gasteiger charge is 2.23. The Morgan fingerprint density at radius 3 is 2.33 bits per heavy atom. The maximum absolute atomic E-state index is 13.3. The number of nitrogens with zero attached hydrogens (tertiary/aromatic N) is 1. The quantitative estimate of drug-likeness (QED) is 0.645. The van der Waals surface area contributed by atoms with Crippen molar-refractivity contribution in [3.05, 3.63) is 59.9 Å². The zero-order valence-corrected chi connectivity index (χ0v) is 17.3. The average molecular weight is 416 g/mol. The van der Waals surface area contributed by atoms with Crippen LogP contribution in [0.25, 0.3) is 0 Å². The fraction of sp³-hybridized carbons (Fsp3) is 0.435. The van der Waals surface area contributed by atoms with Gasteiger partial charge in [0.15, 0.2) is 6.61 Å².